The number of hydrogen-bond acceptors (Lipinski definition) is 3. The molecule has 0 atom stereocenters. The zero-order valence-electron chi connectivity index (χ0n) is 10.2. The molecule has 0 radical (unpaired) electrons. The molecule has 0 saturated heterocycles. The highest BCUT2D eigenvalue weighted by Gasteiger charge is 2.08. The maximum absolute atomic E-state index is 13.0. The van der Waals surface area contributed by atoms with Gasteiger partial charge in [0, 0.05) is 17.4 Å². The Hall–Kier alpha value is -2.37. The average Bonchev–Trinajstić information content (AvgIpc) is 2.88. The van der Waals surface area contributed by atoms with Gasteiger partial charge in [-0.1, -0.05) is 0 Å². The molecule has 19 heavy (non-hydrogen) atoms. The Bertz CT molecular complexity index is 596. The molecule has 2 aromatic rings. The summed E-state index contributed by atoms with van der Waals surface area (Å²) in [6, 6.07) is 6.85. The first-order chi connectivity index (χ1) is 9.10. The number of rotatable bonds is 4. The third-order valence-corrected chi connectivity index (χ3v) is 2.55. The maximum atomic E-state index is 13.0. The van der Waals surface area contributed by atoms with E-state index in [1.54, 1.807) is 12.1 Å². The van der Waals surface area contributed by atoms with Crippen molar-refractivity contribution in [1.82, 2.24) is 4.98 Å². The molecule has 1 heterocycles. The van der Waals surface area contributed by atoms with Crippen molar-refractivity contribution in [1.29, 1.82) is 0 Å². The molecule has 0 unspecified atom stereocenters. The topological polar surface area (TPSA) is 54.1 Å². The standard InChI is InChI=1S/C13H12F2N2O2/c1-19-13(18)12-5-3-9(17-12)7-16-8-2-4-10(14)11(15)6-8/h2-6,16-17H,7H2,1H3. The van der Waals surface area contributed by atoms with Crippen LogP contribution in [0.5, 0.6) is 0 Å². The normalized spacial score (nSPS) is 10.3. The second-order valence-corrected chi connectivity index (χ2v) is 3.87. The van der Waals surface area contributed by atoms with Crippen LogP contribution in [0.15, 0.2) is 30.3 Å². The fourth-order valence-electron chi connectivity index (χ4n) is 1.58. The Balaban J connectivity index is 2.00. The lowest BCUT2D eigenvalue weighted by molar-refractivity contribution is 0.0594. The number of halogens is 2. The van der Waals surface area contributed by atoms with Crippen LogP contribution in [-0.2, 0) is 11.3 Å². The zero-order chi connectivity index (χ0) is 13.8. The molecule has 0 amide bonds. The number of methoxy groups -OCH3 is 1. The van der Waals surface area contributed by atoms with Crippen molar-refractivity contribution in [3.05, 3.63) is 53.4 Å². The van der Waals surface area contributed by atoms with Crippen molar-refractivity contribution in [3.8, 4) is 0 Å². The number of carbonyl (C=O) groups is 1. The van der Waals surface area contributed by atoms with Crippen LogP contribution in [0, 0.1) is 11.6 Å². The number of hydrogen-bond donors (Lipinski definition) is 2. The minimum Gasteiger partial charge on any atom is -0.464 e. The van der Waals surface area contributed by atoms with Crippen LogP contribution in [0.1, 0.15) is 16.2 Å². The molecule has 2 rings (SSSR count). The van der Waals surface area contributed by atoms with Gasteiger partial charge in [-0.05, 0) is 24.3 Å². The number of benzene rings is 1. The quantitative estimate of drug-likeness (QED) is 0.836. The predicted molar refractivity (Wildman–Crippen MR) is 65.8 cm³/mol. The molecule has 4 nitrogen and oxygen atoms in total. The molecule has 0 aliphatic heterocycles. The summed E-state index contributed by atoms with van der Waals surface area (Å²) in [4.78, 5) is 14.1. The fourth-order valence-corrected chi connectivity index (χ4v) is 1.58. The molecule has 0 spiro atoms. The van der Waals surface area contributed by atoms with E-state index in [9.17, 15) is 13.6 Å². The first-order valence-electron chi connectivity index (χ1n) is 5.55. The van der Waals surface area contributed by atoms with Crippen molar-refractivity contribution in [2.75, 3.05) is 12.4 Å². The third kappa shape index (κ3) is 3.09. The lowest BCUT2D eigenvalue weighted by Crippen LogP contribution is -2.04. The first kappa shape index (κ1) is 13.1. The second-order valence-electron chi connectivity index (χ2n) is 3.87. The molecule has 2 N–H and O–H groups in total. The maximum Gasteiger partial charge on any atom is 0.354 e. The van der Waals surface area contributed by atoms with Crippen molar-refractivity contribution in [2.24, 2.45) is 0 Å². The van der Waals surface area contributed by atoms with Gasteiger partial charge in [-0.25, -0.2) is 13.6 Å². The molecular formula is C13H12F2N2O2. The van der Waals surface area contributed by atoms with E-state index in [0.29, 0.717) is 17.9 Å². The smallest absolute Gasteiger partial charge is 0.354 e. The number of ether oxygens (including phenoxy) is 1. The van der Waals surface area contributed by atoms with Gasteiger partial charge in [0.1, 0.15) is 5.69 Å². The molecule has 0 saturated carbocycles. The second kappa shape index (κ2) is 5.51. The van der Waals surface area contributed by atoms with Crippen LogP contribution in [-0.4, -0.2) is 18.1 Å². The van der Waals surface area contributed by atoms with Gasteiger partial charge in [0.2, 0.25) is 0 Å². The van der Waals surface area contributed by atoms with Crippen LogP contribution in [0.3, 0.4) is 0 Å². The number of nitrogens with one attached hydrogen (secondary N) is 2. The van der Waals surface area contributed by atoms with E-state index in [0.717, 1.165) is 17.8 Å². The summed E-state index contributed by atoms with van der Waals surface area (Å²) in [5, 5.41) is 2.91. The van der Waals surface area contributed by atoms with Crippen molar-refractivity contribution in [2.45, 2.75) is 6.54 Å². The number of H-pyrrole nitrogens is 1. The van der Waals surface area contributed by atoms with Crippen LogP contribution >= 0.6 is 0 Å². The Morgan fingerprint density at radius 1 is 1.26 bits per heavy atom. The highest BCUT2D eigenvalue weighted by atomic mass is 19.2. The fraction of sp³-hybridized carbons (Fsp3) is 0.154. The minimum absolute atomic E-state index is 0.338. The van der Waals surface area contributed by atoms with Crippen molar-refractivity contribution in [3.63, 3.8) is 0 Å². The van der Waals surface area contributed by atoms with Crippen LogP contribution in [0.4, 0.5) is 14.5 Å². The monoisotopic (exact) mass is 266 g/mol. The summed E-state index contributed by atoms with van der Waals surface area (Å²) >= 11 is 0. The highest BCUT2D eigenvalue weighted by molar-refractivity contribution is 5.87. The molecule has 100 valence electrons. The third-order valence-electron chi connectivity index (χ3n) is 2.55. The molecule has 1 aromatic carbocycles. The summed E-state index contributed by atoms with van der Waals surface area (Å²) in [6.07, 6.45) is 0. The summed E-state index contributed by atoms with van der Waals surface area (Å²) in [5.74, 6) is -2.26. The average molecular weight is 266 g/mol. The van der Waals surface area contributed by atoms with Gasteiger partial charge in [0.15, 0.2) is 11.6 Å². The summed E-state index contributed by atoms with van der Waals surface area (Å²) in [7, 11) is 1.29. The van der Waals surface area contributed by atoms with E-state index in [2.05, 4.69) is 15.0 Å². The van der Waals surface area contributed by atoms with Gasteiger partial charge in [-0.2, -0.15) is 0 Å². The van der Waals surface area contributed by atoms with Gasteiger partial charge in [-0.3, -0.25) is 0 Å². The molecular weight excluding hydrogens is 254 g/mol. The van der Waals surface area contributed by atoms with E-state index in [-0.39, 0.29) is 0 Å². The lowest BCUT2D eigenvalue weighted by Gasteiger charge is -2.05. The van der Waals surface area contributed by atoms with Gasteiger partial charge < -0.3 is 15.0 Å². The van der Waals surface area contributed by atoms with Crippen LogP contribution in [0.25, 0.3) is 0 Å². The van der Waals surface area contributed by atoms with Gasteiger partial charge >= 0.3 is 5.97 Å². The van der Waals surface area contributed by atoms with Gasteiger partial charge in [-0.15, -0.1) is 0 Å². The Labute approximate surface area is 108 Å². The first-order valence-corrected chi connectivity index (χ1v) is 5.55. The number of aromatic nitrogens is 1. The molecule has 0 aliphatic carbocycles. The SMILES string of the molecule is COC(=O)c1ccc(CNc2ccc(F)c(F)c2)[nH]1. The summed E-state index contributed by atoms with van der Waals surface area (Å²) < 4.78 is 30.3. The van der Waals surface area contributed by atoms with E-state index in [1.807, 2.05) is 0 Å². The van der Waals surface area contributed by atoms with Gasteiger partial charge in [0.05, 0.1) is 13.7 Å². The zero-order valence-corrected chi connectivity index (χ0v) is 10.2. The summed E-state index contributed by atoms with van der Waals surface area (Å²) in [6.45, 7) is 0.349. The Morgan fingerprint density at radius 3 is 2.74 bits per heavy atom. The van der Waals surface area contributed by atoms with E-state index in [1.165, 1.54) is 13.2 Å². The van der Waals surface area contributed by atoms with Crippen LogP contribution < -0.4 is 5.32 Å². The molecule has 0 bridgehead atoms. The van der Waals surface area contributed by atoms with Crippen molar-refractivity contribution < 1.29 is 18.3 Å². The molecule has 0 fully saturated rings. The van der Waals surface area contributed by atoms with E-state index >= 15 is 0 Å². The van der Waals surface area contributed by atoms with E-state index in [4.69, 9.17) is 0 Å². The predicted octanol–water partition coefficient (Wildman–Crippen LogP) is 2.69. The molecule has 6 heteroatoms. The number of aromatic amines is 1. The number of carbonyl (C=O) groups excluding carboxylic acids is 1. The largest absolute Gasteiger partial charge is 0.464 e. The van der Waals surface area contributed by atoms with Crippen LogP contribution in [0.2, 0.25) is 0 Å². The highest BCUT2D eigenvalue weighted by Crippen LogP contribution is 2.14. The number of esters is 1. The van der Waals surface area contributed by atoms with Gasteiger partial charge in [0.25, 0.3) is 0 Å². The Kier molecular flexibility index (Phi) is 3.79. The van der Waals surface area contributed by atoms with E-state index < -0.39 is 17.6 Å². The minimum atomic E-state index is -0.910. The van der Waals surface area contributed by atoms with Crippen molar-refractivity contribution >= 4 is 11.7 Å². The molecule has 0 aliphatic rings. The molecule has 1 aromatic heterocycles. The summed E-state index contributed by atoms with van der Waals surface area (Å²) in [5.41, 5.74) is 1.52. The number of anilines is 1. The lowest BCUT2D eigenvalue weighted by atomic mass is 10.3. The Morgan fingerprint density at radius 2 is 2.05 bits per heavy atom.